The van der Waals surface area contributed by atoms with Crippen LogP contribution in [0.1, 0.15) is 34.5 Å². The number of aromatic nitrogens is 5. The van der Waals surface area contributed by atoms with Gasteiger partial charge in [-0.3, -0.25) is 30.1 Å². The smallest absolute Gasteiger partial charge is 0.271 e. The Balaban J connectivity index is 1.34. The van der Waals surface area contributed by atoms with Crippen LogP contribution < -0.4 is 10.9 Å². The minimum atomic E-state index is -0.601. The van der Waals surface area contributed by atoms with Gasteiger partial charge in [0, 0.05) is 54.0 Å². The molecule has 3 N–H and O–H groups in total. The van der Waals surface area contributed by atoms with Crippen molar-refractivity contribution in [3.63, 3.8) is 0 Å². The van der Waals surface area contributed by atoms with Crippen LogP contribution in [0.2, 0.25) is 0 Å². The normalized spacial score (nSPS) is 14.4. The summed E-state index contributed by atoms with van der Waals surface area (Å²) in [5.74, 6) is -0.632. The first-order valence-electron chi connectivity index (χ1n) is 9.96. The van der Waals surface area contributed by atoms with Gasteiger partial charge in [0.05, 0.1) is 17.2 Å². The molecular weight excluding hydrogens is 394 g/mol. The quantitative estimate of drug-likeness (QED) is 0.442. The molecule has 0 spiro atoms. The number of amides is 2. The molecule has 1 fully saturated rings. The van der Waals surface area contributed by atoms with E-state index in [1.54, 1.807) is 29.5 Å². The number of rotatable bonds is 4. The van der Waals surface area contributed by atoms with Gasteiger partial charge in [-0.25, -0.2) is 4.98 Å². The first kappa shape index (κ1) is 19.0. The minimum Gasteiger partial charge on any atom is -0.345 e. The third kappa shape index (κ3) is 3.33. The highest BCUT2D eigenvalue weighted by atomic mass is 16.2. The largest absolute Gasteiger partial charge is 0.345 e. The molecule has 0 aromatic carbocycles. The molecule has 1 aliphatic rings. The molecule has 9 nitrogen and oxygen atoms in total. The third-order valence-corrected chi connectivity index (χ3v) is 5.74. The summed E-state index contributed by atoms with van der Waals surface area (Å²) in [6.45, 7) is 1.89. The lowest BCUT2D eigenvalue weighted by molar-refractivity contribution is -0.124. The number of H-pyrrole nitrogens is 1. The Hall–Kier alpha value is -4.01. The number of carbonyl (C=O) groups is 2. The number of nitrogens with one attached hydrogen (secondary N) is 3. The number of nitrogens with zero attached hydrogens (tertiary/aromatic N) is 4. The fourth-order valence-corrected chi connectivity index (χ4v) is 3.83. The van der Waals surface area contributed by atoms with Gasteiger partial charge in [-0.15, -0.1) is 0 Å². The summed E-state index contributed by atoms with van der Waals surface area (Å²) in [5.41, 5.74) is 9.08. The van der Waals surface area contributed by atoms with Crippen molar-refractivity contribution >= 4 is 22.8 Å². The summed E-state index contributed by atoms with van der Waals surface area (Å²) in [7, 11) is 1.84. The van der Waals surface area contributed by atoms with Gasteiger partial charge in [0.1, 0.15) is 5.65 Å². The standard InChI is InChI=1S/C22H21N7O2/c1-13-7-16(3-6-23-13)22(4-5-22)21(31)28-27-20(30)18-11-25-19-17(18)8-14(9-24-19)15-10-26-29(2)12-15/h3,6-12H,4-5H2,1-2H3,(H,24,25)(H,27,30)(H,28,31). The van der Waals surface area contributed by atoms with Crippen LogP contribution in [-0.2, 0) is 17.3 Å². The summed E-state index contributed by atoms with van der Waals surface area (Å²) < 4.78 is 1.71. The van der Waals surface area contributed by atoms with E-state index in [0.717, 1.165) is 35.2 Å². The van der Waals surface area contributed by atoms with Crippen LogP contribution in [-0.4, -0.2) is 36.5 Å². The Morgan fingerprint density at radius 2 is 1.97 bits per heavy atom. The monoisotopic (exact) mass is 415 g/mol. The van der Waals surface area contributed by atoms with Crippen LogP contribution in [0.4, 0.5) is 0 Å². The van der Waals surface area contributed by atoms with Gasteiger partial charge in [0.25, 0.3) is 5.91 Å². The van der Waals surface area contributed by atoms with Gasteiger partial charge in [-0.1, -0.05) is 0 Å². The van der Waals surface area contributed by atoms with Crippen molar-refractivity contribution in [1.29, 1.82) is 0 Å². The van der Waals surface area contributed by atoms with Crippen molar-refractivity contribution in [3.05, 3.63) is 66.0 Å². The maximum absolute atomic E-state index is 12.8. The van der Waals surface area contributed by atoms with Crippen LogP contribution in [0.15, 0.2) is 49.2 Å². The van der Waals surface area contributed by atoms with E-state index in [4.69, 9.17) is 0 Å². The molecule has 4 heterocycles. The van der Waals surface area contributed by atoms with Crippen LogP contribution >= 0.6 is 0 Å². The molecule has 1 aliphatic carbocycles. The first-order valence-corrected chi connectivity index (χ1v) is 9.96. The van der Waals surface area contributed by atoms with E-state index < -0.39 is 11.3 Å². The van der Waals surface area contributed by atoms with Gasteiger partial charge < -0.3 is 4.98 Å². The van der Waals surface area contributed by atoms with E-state index in [-0.39, 0.29) is 5.91 Å². The lowest BCUT2D eigenvalue weighted by atomic mass is 9.95. The molecule has 0 radical (unpaired) electrons. The van der Waals surface area contributed by atoms with Crippen LogP contribution in [0.3, 0.4) is 0 Å². The number of carbonyl (C=O) groups excluding carboxylic acids is 2. The zero-order valence-electron chi connectivity index (χ0n) is 17.1. The van der Waals surface area contributed by atoms with Gasteiger partial charge >= 0.3 is 0 Å². The molecule has 2 amide bonds. The minimum absolute atomic E-state index is 0.222. The van der Waals surface area contributed by atoms with E-state index in [0.29, 0.717) is 16.6 Å². The Kier molecular flexibility index (Phi) is 4.32. The summed E-state index contributed by atoms with van der Waals surface area (Å²) in [4.78, 5) is 37.2. The molecule has 4 aromatic heterocycles. The lowest BCUT2D eigenvalue weighted by Gasteiger charge is -2.16. The fraction of sp³-hybridized carbons (Fsp3) is 0.227. The number of fused-ring (bicyclic) bond motifs is 1. The summed E-state index contributed by atoms with van der Waals surface area (Å²) in [6.07, 6.45) is 10.1. The van der Waals surface area contributed by atoms with Gasteiger partial charge in [-0.05, 0) is 43.5 Å². The average Bonchev–Trinajstić information content (AvgIpc) is 3.30. The first-order chi connectivity index (χ1) is 15.0. The molecule has 0 aliphatic heterocycles. The topological polar surface area (TPSA) is 118 Å². The predicted octanol–water partition coefficient (Wildman–Crippen LogP) is 2.16. The molecule has 9 heteroatoms. The van der Waals surface area contributed by atoms with E-state index in [1.165, 1.54) is 0 Å². The molecule has 0 bridgehead atoms. The number of aromatic amines is 1. The molecule has 156 valence electrons. The van der Waals surface area contributed by atoms with Crippen LogP contribution in [0, 0.1) is 6.92 Å². The molecule has 1 saturated carbocycles. The highest BCUT2D eigenvalue weighted by Gasteiger charge is 2.51. The highest BCUT2D eigenvalue weighted by molar-refractivity contribution is 6.07. The molecule has 0 atom stereocenters. The number of hydrogen-bond donors (Lipinski definition) is 3. The second kappa shape index (κ2) is 7.05. The summed E-state index contributed by atoms with van der Waals surface area (Å²) in [6, 6.07) is 5.65. The van der Waals surface area contributed by atoms with Crippen molar-refractivity contribution in [3.8, 4) is 11.1 Å². The Labute approximate surface area is 177 Å². The second-order valence-electron chi connectivity index (χ2n) is 7.90. The number of hydrazine groups is 1. The van der Waals surface area contributed by atoms with E-state index in [9.17, 15) is 9.59 Å². The highest BCUT2D eigenvalue weighted by Crippen LogP contribution is 2.48. The molecule has 31 heavy (non-hydrogen) atoms. The SMILES string of the molecule is Cc1cc(C2(C(=O)NNC(=O)c3c[nH]c4ncc(-c5cnn(C)c5)cc34)CC2)ccn1. The van der Waals surface area contributed by atoms with E-state index in [1.807, 2.05) is 38.4 Å². The third-order valence-electron chi connectivity index (χ3n) is 5.74. The number of aryl methyl sites for hydroxylation is 2. The number of hydrogen-bond acceptors (Lipinski definition) is 5. The molecule has 0 saturated heterocycles. The van der Waals surface area contributed by atoms with Crippen molar-refractivity contribution in [2.75, 3.05) is 0 Å². The molecule has 5 rings (SSSR count). The summed E-state index contributed by atoms with van der Waals surface area (Å²) >= 11 is 0. The number of pyridine rings is 2. The maximum Gasteiger partial charge on any atom is 0.271 e. The molecular formula is C22H21N7O2. The van der Waals surface area contributed by atoms with Crippen molar-refractivity contribution in [1.82, 2.24) is 35.6 Å². The predicted molar refractivity (Wildman–Crippen MR) is 114 cm³/mol. The Morgan fingerprint density at radius 1 is 1.13 bits per heavy atom. The zero-order chi connectivity index (χ0) is 21.6. The molecule has 4 aromatic rings. The maximum atomic E-state index is 12.8. The van der Waals surface area contributed by atoms with Crippen molar-refractivity contribution in [2.24, 2.45) is 7.05 Å². The van der Waals surface area contributed by atoms with Crippen molar-refractivity contribution < 1.29 is 9.59 Å². The van der Waals surface area contributed by atoms with Crippen molar-refractivity contribution in [2.45, 2.75) is 25.2 Å². The van der Waals surface area contributed by atoms with Gasteiger partial charge in [0.15, 0.2) is 0 Å². The summed E-state index contributed by atoms with van der Waals surface area (Å²) in [5, 5.41) is 4.84. The van der Waals surface area contributed by atoms with Gasteiger partial charge in [-0.2, -0.15) is 5.10 Å². The fourth-order valence-electron chi connectivity index (χ4n) is 3.83. The van der Waals surface area contributed by atoms with Crippen LogP contribution in [0.25, 0.3) is 22.2 Å². The average molecular weight is 415 g/mol. The second-order valence-corrected chi connectivity index (χ2v) is 7.90. The zero-order valence-corrected chi connectivity index (χ0v) is 17.1. The Bertz CT molecular complexity index is 1320. The van der Waals surface area contributed by atoms with E-state index >= 15 is 0 Å². The Morgan fingerprint density at radius 3 is 2.68 bits per heavy atom. The van der Waals surface area contributed by atoms with Gasteiger partial charge in [0.2, 0.25) is 5.91 Å². The molecule has 0 unspecified atom stereocenters. The van der Waals surface area contributed by atoms with Crippen LogP contribution in [0.5, 0.6) is 0 Å². The van der Waals surface area contributed by atoms with E-state index in [2.05, 4.69) is 30.9 Å². The lowest BCUT2D eigenvalue weighted by Crippen LogP contribution is -2.46.